The van der Waals surface area contributed by atoms with E-state index < -0.39 is 0 Å². The zero-order valence-electron chi connectivity index (χ0n) is 18.4. The van der Waals surface area contributed by atoms with Crippen LogP contribution in [0.25, 0.3) is 22.2 Å². The van der Waals surface area contributed by atoms with Gasteiger partial charge < -0.3 is 14.9 Å². The van der Waals surface area contributed by atoms with Crippen molar-refractivity contribution >= 4 is 22.6 Å². The summed E-state index contributed by atoms with van der Waals surface area (Å²) in [7, 11) is 3.48. The van der Waals surface area contributed by atoms with Gasteiger partial charge in [0.15, 0.2) is 0 Å². The molecule has 0 aromatic carbocycles. The Morgan fingerprint density at radius 1 is 1.23 bits per heavy atom. The molecule has 0 atom stereocenters. The van der Waals surface area contributed by atoms with Crippen LogP contribution in [0, 0.1) is 12.8 Å². The lowest BCUT2D eigenvalue weighted by atomic mass is 10.0. The molecule has 0 radical (unpaired) electrons. The number of carbonyl (C=O) groups is 1. The lowest BCUT2D eigenvalue weighted by Gasteiger charge is -2.11. The van der Waals surface area contributed by atoms with Crippen molar-refractivity contribution < 1.29 is 4.79 Å². The molecule has 8 heteroatoms. The van der Waals surface area contributed by atoms with Crippen molar-refractivity contribution in [2.75, 3.05) is 5.32 Å². The van der Waals surface area contributed by atoms with Gasteiger partial charge in [0.25, 0.3) is 11.5 Å². The molecule has 4 heterocycles. The fourth-order valence-electron chi connectivity index (χ4n) is 3.77. The van der Waals surface area contributed by atoms with Crippen LogP contribution < -0.4 is 10.9 Å². The molecule has 0 aliphatic rings. The Hall–Kier alpha value is -3.68. The fraction of sp³-hybridized carbons (Fsp3) is 0.304. The molecule has 4 rings (SSSR count). The summed E-state index contributed by atoms with van der Waals surface area (Å²) in [5, 5.41) is 8.12. The zero-order valence-corrected chi connectivity index (χ0v) is 18.4. The van der Waals surface area contributed by atoms with Crippen LogP contribution in [0.2, 0.25) is 0 Å². The molecule has 0 saturated heterocycles. The lowest BCUT2D eigenvalue weighted by molar-refractivity contribution is 0.101. The van der Waals surface area contributed by atoms with E-state index in [9.17, 15) is 9.59 Å². The van der Waals surface area contributed by atoms with Crippen molar-refractivity contribution in [2.45, 2.75) is 27.2 Å². The average molecular weight is 419 g/mol. The minimum absolute atomic E-state index is 0.0979. The maximum atomic E-state index is 12.9. The topological polar surface area (TPSA) is 97.6 Å². The Balaban J connectivity index is 1.69. The molecular weight excluding hydrogens is 392 g/mol. The number of nitrogens with one attached hydrogen (secondary N) is 2. The van der Waals surface area contributed by atoms with Gasteiger partial charge in [0.2, 0.25) is 0 Å². The first kappa shape index (κ1) is 20.6. The minimum atomic E-state index is -0.264. The van der Waals surface area contributed by atoms with Crippen LogP contribution in [0.15, 0.2) is 41.5 Å². The van der Waals surface area contributed by atoms with Gasteiger partial charge >= 0.3 is 0 Å². The summed E-state index contributed by atoms with van der Waals surface area (Å²) in [5.41, 5.74) is 4.28. The molecule has 0 aliphatic carbocycles. The summed E-state index contributed by atoms with van der Waals surface area (Å²) < 4.78 is 3.13. The predicted octanol–water partition coefficient (Wildman–Crippen LogP) is 3.42. The highest BCUT2D eigenvalue weighted by Crippen LogP contribution is 2.28. The summed E-state index contributed by atoms with van der Waals surface area (Å²) in [6, 6.07) is 7.37. The van der Waals surface area contributed by atoms with Crippen molar-refractivity contribution in [1.82, 2.24) is 24.3 Å². The normalized spacial score (nSPS) is 11.4. The smallest absolute Gasteiger partial charge is 0.275 e. The number of anilines is 1. The van der Waals surface area contributed by atoms with Crippen molar-refractivity contribution in [3.63, 3.8) is 0 Å². The average Bonchev–Trinajstić information content (AvgIpc) is 3.33. The molecule has 0 saturated carbocycles. The Bertz CT molecular complexity index is 1340. The van der Waals surface area contributed by atoms with E-state index in [0.29, 0.717) is 28.6 Å². The first-order chi connectivity index (χ1) is 14.7. The van der Waals surface area contributed by atoms with E-state index in [2.05, 4.69) is 29.2 Å². The number of hydrogen-bond donors (Lipinski definition) is 2. The van der Waals surface area contributed by atoms with Crippen molar-refractivity contribution in [3.8, 4) is 11.3 Å². The van der Waals surface area contributed by atoms with Gasteiger partial charge in [-0.15, -0.1) is 0 Å². The number of carbonyl (C=O) groups excluding carboxylic acids is 1. The first-order valence-electron chi connectivity index (χ1n) is 10.2. The monoisotopic (exact) mass is 418 g/mol. The van der Waals surface area contributed by atoms with Crippen molar-refractivity contribution in [2.24, 2.45) is 20.0 Å². The number of amides is 1. The molecule has 31 heavy (non-hydrogen) atoms. The molecule has 0 fully saturated rings. The third kappa shape index (κ3) is 3.88. The van der Waals surface area contributed by atoms with Gasteiger partial charge in [-0.2, -0.15) is 5.10 Å². The number of nitrogens with zero attached hydrogens (tertiary/aromatic N) is 4. The second-order valence-corrected chi connectivity index (χ2v) is 8.28. The third-order valence-corrected chi connectivity index (χ3v) is 5.27. The molecule has 160 valence electrons. The van der Waals surface area contributed by atoms with Gasteiger partial charge in [0.1, 0.15) is 17.0 Å². The maximum Gasteiger partial charge on any atom is 0.275 e. The van der Waals surface area contributed by atoms with E-state index >= 15 is 0 Å². The lowest BCUT2D eigenvalue weighted by Crippen LogP contribution is -2.18. The van der Waals surface area contributed by atoms with Gasteiger partial charge in [-0.25, -0.2) is 4.98 Å². The van der Waals surface area contributed by atoms with Crippen LogP contribution in [-0.2, 0) is 20.5 Å². The number of rotatable bonds is 5. The van der Waals surface area contributed by atoms with Gasteiger partial charge in [-0.3, -0.25) is 14.3 Å². The molecular formula is C23H26N6O2. The number of pyridine rings is 2. The van der Waals surface area contributed by atoms with Crippen LogP contribution in [0.4, 0.5) is 5.82 Å². The molecule has 0 spiro atoms. The van der Waals surface area contributed by atoms with E-state index in [1.54, 1.807) is 37.2 Å². The Kier molecular flexibility index (Phi) is 5.22. The number of aryl methyl sites for hydroxylation is 3. The maximum absolute atomic E-state index is 12.9. The van der Waals surface area contributed by atoms with Crippen LogP contribution in [-0.4, -0.2) is 30.2 Å². The van der Waals surface area contributed by atoms with Crippen molar-refractivity contribution in [3.05, 3.63) is 64.0 Å². The summed E-state index contributed by atoms with van der Waals surface area (Å²) in [6.07, 6.45) is 4.33. The van der Waals surface area contributed by atoms with E-state index in [4.69, 9.17) is 4.98 Å². The molecule has 8 nitrogen and oxygen atoms in total. The second kappa shape index (κ2) is 7.86. The van der Waals surface area contributed by atoms with Gasteiger partial charge in [-0.05, 0) is 43.0 Å². The fourth-order valence-corrected chi connectivity index (χ4v) is 3.77. The largest absolute Gasteiger partial charge is 0.357 e. The summed E-state index contributed by atoms with van der Waals surface area (Å²) in [4.78, 5) is 33.0. The van der Waals surface area contributed by atoms with Gasteiger partial charge in [0, 0.05) is 37.4 Å². The molecule has 4 aromatic rings. The van der Waals surface area contributed by atoms with Gasteiger partial charge in [0.05, 0.1) is 11.4 Å². The number of H-pyrrole nitrogens is 1. The number of hydrogen-bond acceptors (Lipinski definition) is 4. The number of aromatic amines is 1. The minimum Gasteiger partial charge on any atom is -0.357 e. The predicted molar refractivity (Wildman–Crippen MR) is 121 cm³/mol. The van der Waals surface area contributed by atoms with Gasteiger partial charge in [-0.1, -0.05) is 19.9 Å². The quantitative estimate of drug-likeness (QED) is 0.519. The summed E-state index contributed by atoms with van der Waals surface area (Å²) >= 11 is 0. The van der Waals surface area contributed by atoms with E-state index in [0.717, 1.165) is 28.6 Å². The molecule has 0 bridgehead atoms. The molecule has 1 amide bonds. The van der Waals surface area contributed by atoms with E-state index in [-0.39, 0.29) is 11.5 Å². The van der Waals surface area contributed by atoms with Crippen LogP contribution in [0.3, 0.4) is 0 Å². The third-order valence-electron chi connectivity index (χ3n) is 5.27. The van der Waals surface area contributed by atoms with Crippen molar-refractivity contribution in [1.29, 1.82) is 0 Å². The van der Waals surface area contributed by atoms with E-state index in [1.807, 2.05) is 25.1 Å². The Labute approximate surface area is 179 Å². The molecule has 4 aromatic heterocycles. The highest BCUT2D eigenvalue weighted by atomic mass is 16.2. The Morgan fingerprint density at radius 2 is 2.00 bits per heavy atom. The van der Waals surface area contributed by atoms with Crippen LogP contribution in [0.5, 0.6) is 0 Å². The SMILES string of the molecule is Cc1ccc(NC(=O)c2cc(CC(C)C)nn2C)nc1-c1cn(C)c(=O)c2[nH]ccc12. The molecule has 2 N–H and O–H groups in total. The van der Waals surface area contributed by atoms with Crippen LogP contribution >= 0.6 is 0 Å². The van der Waals surface area contributed by atoms with E-state index in [1.165, 1.54) is 4.57 Å². The zero-order chi connectivity index (χ0) is 22.3. The standard InChI is InChI=1S/C23H26N6O2/c1-13(2)10-15-11-18(29(5)27-15)22(30)26-19-7-6-14(3)20(25-19)17-12-28(4)23(31)21-16(17)8-9-24-21/h6-9,11-13,24H,10H2,1-5H3,(H,25,26,30). The molecule has 0 aliphatic heterocycles. The number of aromatic nitrogens is 5. The highest BCUT2D eigenvalue weighted by Gasteiger charge is 2.17. The highest BCUT2D eigenvalue weighted by molar-refractivity contribution is 6.03. The van der Waals surface area contributed by atoms with Crippen LogP contribution in [0.1, 0.15) is 35.6 Å². The second-order valence-electron chi connectivity index (χ2n) is 8.28. The first-order valence-corrected chi connectivity index (χ1v) is 10.2. The number of fused-ring (bicyclic) bond motifs is 1. The summed E-state index contributed by atoms with van der Waals surface area (Å²) in [5.74, 6) is 0.633. The Morgan fingerprint density at radius 3 is 2.74 bits per heavy atom. The summed E-state index contributed by atoms with van der Waals surface area (Å²) in [6.45, 7) is 6.19. The molecule has 0 unspecified atom stereocenters.